The minimum absolute atomic E-state index is 0.0404. The van der Waals surface area contributed by atoms with Crippen molar-refractivity contribution in [2.45, 2.75) is 18.6 Å². The first-order valence-electron chi connectivity index (χ1n) is 11.0. The fourth-order valence-electron chi connectivity index (χ4n) is 3.97. The Hall–Kier alpha value is -4.04. The van der Waals surface area contributed by atoms with Crippen molar-refractivity contribution in [3.05, 3.63) is 90.3 Å². The Morgan fingerprint density at radius 2 is 1.76 bits per heavy atom. The highest BCUT2D eigenvalue weighted by molar-refractivity contribution is 6.05. The number of aliphatic hydroxyl groups is 1. The van der Waals surface area contributed by atoms with Gasteiger partial charge in [0, 0.05) is 30.9 Å². The normalized spacial score (nSPS) is 17.4. The zero-order chi connectivity index (χ0) is 23.9. The van der Waals surface area contributed by atoms with Crippen LogP contribution in [0, 0.1) is 0 Å². The predicted octanol–water partition coefficient (Wildman–Crippen LogP) is 2.82. The van der Waals surface area contributed by atoms with Gasteiger partial charge in [-0.1, -0.05) is 47.6 Å². The van der Waals surface area contributed by atoms with Crippen LogP contribution >= 0.6 is 0 Å². The van der Waals surface area contributed by atoms with Gasteiger partial charge in [-0.3, -0.25) is 14.6 Å². The van der Waals surface area contributed by atoms with Crippen LogP contribution in [-0.2, 0) is 9.63 Å². The summed E-state index contributed by atoms with van der Waals surface area (Å²) in [6.45, 7) is 0.233. The lowest BCUT2D eigenvalue weighted by molar-refractivity contribution is -0.125. The summed E-state index contributed by atoms with van der Waals surface area (Å²) in [5.74, 6) is -0.621. The van der Waals surface area contributed by atoms with Crippen LogP contribution in [0.15, 0.2) is 84.3 Å². The van der Waals surface area contributed by atoms with Crippen LogP contribution in [0.2, 0.25) is 0 Å². The number of amides is 2. The number of hydrogen-bond donors (Lipinski definition) is 2. The van der Waals surface area contributed by atoms with E-state index in [4.69, 9.17) is 4.84 Å². The van der Waals surface area contributed by atoms with Crippen LogP contribution < -0.4 is 5.32 Å². The minimum Gasteiger partial charge on any atom is -0.399 e. The monoisotopic (exact) mass is 458 g/mol. The molecule has 1 aliphatic heterocycles. The highest BCUT2D eigenvalue weighted by atomic mass is 16.6. The second-order valence-corrected chi connectivity index (χ2v) is 7.98. The van der Waals surface area contributed by atoms with Gasteiger partial charge in [0.1, 0.15) is 13.2 Å². The van der Waals surface area contributed by atoms with Gasteiger partial charge >= 0.3 is 0 Å². The van der Waals surface area contributed by atoms with Crippen molar-refractivity contribution in [1.29, 1.82) is 0 Å². The average Bonchev–Trinajstić information content (AvgIpc) is 3.32. The van der Waals surface area contributed by atoms with Crippen molar-refractivity contribution in [2.75, 3.05) is 20.2 Å². The summed E-state index contributed by atoms with van der Waals surface area (Å²) in [5, 5.41) is 17.1. The highest BCUT2D eigenvalue weighted by Gasteiger charge is 2.38. The lowest BCUT2D eigenvalue weighted by atomic mass is 10.0. The number of aromatic nitrogens is 1. The number of carbonyl (C=O) groups is 2. The summed E-state index contributed by atoms with van der Waals surface area (Å²) in [5.41, 5.74) is 3.75. The number of benzene rings is 2. The summed E-state index contributed by atoms with van der Waals surface area (Å²) in [7, 11) is 1.43. The molecule has 0 bridgehead atoms. The number of oxime groups is 1. The maximum atomic E-state index is 13.3. The van der Waals surface area contributed by atoms with Crippen LogP contribution in [0.25, 0.3) is 11.1 Å². The van der Waals surface area contributed by atoms with Crippen LogP contribution in [0.1, 0.15) is 28.4 Å². The fraction of sp³-hybridized carbons (Fsp3) is 0.231. The lowest BCUT2D eigenvalue weighted by Crippen LogP contribution is -2.46. The molecule has 8 nitrogen and oxygen atoms in total. The third kappa shape index (κ3) is 5.29. The molecule has 1 aromatic heterocycles. The molecule has 2 heterocycles. The van der Waals surface area contributed by atoms with E-state index in [2.05, 4.69) is 15.5 Å². The summed E-state index contributed by atoms with van der Waals surface area (Å²) in [4.78, 5) is 36.7. The van der Waals surface area contributed by atoms with Crippen molar-refractivity contribution >= 4 is 17.5 Å². The first-order chi connectivity index (χ1) is 16.6. The standard InChI is InChI=1S/C26H26N4O4/c1-34-29-22-15-23(25(32)28-16-24(31)20-5-3-2-4-6-20)30(17-22)26(33)21-9-7-18(8-10-21)19-11-13-27-14-12-19/h2-14,23-24,31H,15-17H2,1H3,(H,28,32)/b29-22+/t23-,24-/m0/s1. The molecule has 1 saturated heterocycles. The topological polar surface area (TPSA) is 104 Å². The molecule has 0 saturated carbocycles. The molecule has 0 unspecified atom stereocenters. The Bertz CT molecular complexity index is 1150. The molecular weight excluding hydrogens is 432 g/mol. The van der Waals surface area contributed by atoms with Crippen molar-refractivity contribution in [2.24, 2.45) is 5.16 Å². The zero-order valence-corrected chi connectivity index (χ0v) is 18.8. The maximum Gasteiger partial charge on any atom is 0.254 e. The van der Waals surface area contributed by atoms with E-state index in [1.807, 2.05) is 42.5 Å². The van der Waals surface area contributed by atoms with E-state index < -0.39 is 12.1 Å². The van der Waals surface area contributed by atoms with Crippen molar-refractivity contribution in [3.63, 3.8) is 0 Å². The van der Waals surface area contributed by atoms with Gasteiger partial charge in [-0.2, -0.15) is 0 Å². The van der Waals surface area contributed by atoms with E-state index >= 15 is 0 Å². The molecular formula is C26H26N4O4. The van der Waals surface area contributed by atoms with Crippen LogP contribution in [-0.4, -0.2) is 58.8 Å². The van der Waals surface area contributed by atoms with E-state index in [9.17, 15) is 14.7 Å². The summed E-state index contributed by atoms with van der Waals surface area (Å²) >= 11 is 0. The van der Waals surface area contributed by atoms with Gasteiger partial charge in [0.2, 0.25) is 5.91 Å². The van der Waals surface area contributed by atoms with Crippen molar-refractivity contribution in [3.8, 4) is 11.1 Å². The number of carbonyl (C=O) groups excluding carboxylic acids is 2. The molecule has 2 aromatic carbocycles. The summed E-state index contributed by atoms with van der Waals surface area (Å²) < 4.78 is 0. The quantitative estimate of drug-likeness (QED) is 0.530. The van der Waals surface area contributed by atoms with Crippen LogP contribution in [0.4, 0.5) is 0 Å². The van der Waals surface area contributed by atoms with E-state index in [0.29, 0.717) is 16.8 Å². The molecule has 3 aromatic rings. The lowest BCUT2D eigenvalue weighted by Gasteiger charge is -2.24. The molecule has 174 valence electrons. The fourth-order valence-corrected chi connectivity index (χ4v) is 3.97. The SMILES string of the molecule is CO/N=C1\C[C@@H](C(=O)NC[C@H](O)c2ccccc2)N(C(=O)c2ccc(-c3ccncc3)cc2)C1. The van der Waals surface area contributed by atoms with E-state index in [-0.39, 0.29) is 31.3 Å². The molecule has 4 rings (SSSR count). The number of pyridine rings is 1. The second kappa shape index (κ2) is 10.7. The largest absolute Gasteiger partial charge is 0.399 e. The van der Waals surface area contributed by atoms with E-state index in [1.165, 1.54) is 12.0 Å². The van der Waals surface area contributed by atoms with Gasteiger partial charge in [0.25, 0.3) is 5.91 Å². The summed E-state index contributed by atoms with van der Waals surface area (Å²) in [6, 6.07) is 19.4. The van der Waals surface area contributed by atoms with Gasteiger partial charge in [-0.25, -0.2) is 0 Å². The number of nitrogens with zero attached hydrogens (tertiary/aromatic N) is 3. The molecule has 1 fully saturated rings. The molecule has 8 heteroatoms. The second-order valence-electron chi connectivity index (χ2n) is 7.98. The van der Waals surface area contributed by atoms with Gasteiger partial charge in [-0.15, -0.1) is 0 Å². The Morgan fingerprint density at radius 1 is 1.09 bits per heavy atom. The predicted molar refractivity (Wildman–Crippen MR) is 128 cm³/mol. The molecule has 0 aliphatic carbocycles. The Morgan fingerprint density at radius 3 is 2.44 bits per heavy atom. The summed E-state index contributed by atoms with van der Waals surface area (Å²) in [6.07, 6.45) is 2.85. The minimum atomic E-state index is -0.844. The molecule has 2 amide bonds. The van der Waals surface area contributed by atoms with Crippen LogP contribution in [0.3, 0.4) is 0 Å². The molecule has 34 heavy (non-hydrogen) atoms. The molecule has 0 spiro atoms. The number of likely N-dealkylation sites (tertiary alicyclic amines) is 1. The number of aliphatic hydroxyl groups excluding tert-OH is 1. The third-order valence-electron chi connectivity index (χ3n) is 5.74. The molecule has 0 radical (unpaired) electrons. The average molecular weight is 459 g/mol. The number of hydrogen-bond acceptors (Lipinski definition) is 6. The third-order valence-corrected chi connectivity index (χ3v) is 5.74. The number of nitrogens with one attached hydrogen (secondary N) is 1. The van der Waals surface area contributed by atoms with Gasteiger partial charge in [-0.05, 0) is 41.0 Å². The van der Waals surface area contributed by atoms with Crippen molar-refractivity contribution < 1.29 is 19.5 Å². The molecule has 2 N–H and O–H groups in total. The van der Waals surface area contributed by atoms with E-state index in [0.717, 1.165) is 11.1 Å². The van der Waals surface area contributed by atoms with Gasteiger partial charge < -0.3 is 20.2 Å². The van der Waals surface area contributed by atoms with Gasteiger partial charge in [0.05, 0.1) is 18.4 Å². The Kier molecular flexibility index (Phi) is 7.29. The Labute approximate surface area is 197 Å². The zero-order valence-electron chi connectivity index (χ0n) is 18.8. The number of rotatable bonds is 7. The molecule has 2 atom stereocenters. The van der Waals surface area contributed by atoms with Gasteiger partial charge in [0.15, 0.2) is 0 Å². The maximum absolute atomic E-state index is 13.3. The van der Waals surface area contributed by atoms with Crippen LogP contribution in [0.5, 0.6) is 0 Å². The first kappa shape index (κ1) is 23.1. The Balaban J connectivity index is 1.47. The smallest absolute Gasteiger partial charge is 0.254 e. The highest BCUT2D eigenvalue weighted by Crippen LogP contribution is 2.23. The molecule has 1 aliphatic rings. The van der Waals surface area contributed by atoms with E-state index in [1.54, 1.807) is 36.7 Å². The first-order valence-corrected chi connectivity index (χ1v) is 11.0. The van der Waals surface area contributed by atoms with Crippen molar-refractivity contribution in [1.82, 2.24) is 15.2 Å².